The zero-order valence-corrected chi connectivity index (χ0v) is 13.6. The van der Waals surface area contributed by atoms with Crippen LogP contribution in [0.3, 0.4) is 0 Å². The molecule has 2 rings (SSSR count). The summed E-state index contributed by atoms with van der Waals surface area (Å²) in [6, 6.07) is 12.7. The van der Waals surface area contributed by atoms with Gasteiger partial charge in [0.25, 0.3) is 0 Å². The lowest BCUT2D eigenvalue weighted by atomic mass is 10.1. The van der Waals surface area contributed by atoms with E-state index in [2.05, 4.69) is 43.2 Å². The standard InChI is InChI=1S/C17H23ClN2O/c1-13(11-19-12-17-5-4-10-21-17)20(3)14(2)15-6-8-16(18)9-7-15/h4-10,13-14,19H,11-12H2,1-3H3. The molecule has 0 fully saturated rings. The summed E-state index contributed by atoms with van der Waals surface area (Å²) in [5.74, 6) is 0.968. The Hall–Kier alpha value is -1.29. The molecular weight excluding hydrogens is 284 g/mol. The van der Waals surface area contributed by atoms with Gasteiger partial charge in [0.1, 0.15) is 5.76 Å². The van der Waals surface area contributed by atoms with Gasteiger partial charge in [0.15, 0.2) is 0 Å². The normalized spacial score (nSPS) is 14.3. The van der Waals surface area contributed by atoms with Crippen LogP contribution in [-0.4, -0.2) is 24.5 Å². The highest BCUT2D eigenvalue weighted by atomic mass is 35.5. The molecule has 0 aliphatic heterocycles. The number of halogens is 1. The van der Waals surface area contributed by atoms with Crippen LogP contribution < -0.4 is 5.32 Å². The Kier molecular flexibility index (Phi) is 5.85. The SMILES string of the molecule is CC(CNCc1ccco1)N(C)C(C)c1ccc(Cl)cc1. The van der Waals surface area contributed by atoms with E-state index in [1.54, 1.807) is 6.26 Å². The maximum absolute atomic E-state index is 5.94. The summed E-state index contributed by atoms with van der Waals surface area (Å²) in [6.45, 7) is 6.11. The summed E-state index contributed by atoms with van der Waals surface area (Å²) in [6.07, 6.45) is 1.70. The van der Waals surface area contributed by atoms with Crippen LogP contribution in [0.5, 0.6) is 0 Å². The number of rotatable bonds is 7. The van der Waals surface area contributed by atoms with Gasteiger partial charge >= 0.3 is 0 Å². The van der Waals surface area contributed by atoms with E-state index >= 15 is 0 Å². The van der Waals surface area contributed by atoms with Gasteiger partial charge in [-0.1, -0.05) is 23.7 Å². The number of likely N-dealkylation sites (N-methyl/N-ethyl adjacent to an activating group) is 1. The van der Waals surface area contributed by atoms with E-state index in [-0.39, 0.29) is 0 Å². The van der Waals surface area contributed by atoms with E-state index in [1.165, 1.54) is 5.56 Å². The Morgan fingerprint density at radius 2 is 1.90 bits per heavy atom. The minimum Gasteiger partial charge on any atom is -0.468 e. The van der Waals surface area contributed by atoms with Gasteiger partial charge in [-0.25, -0.2) is 0 Å². The molecule has 3 nitrogen and oxygen atoms in total. The van der Waals surface area contributed by atoms with Gasteiger partial charge in [-0.05, 0) is 50.7 Å². The highest BCUT2D eigenvalue weighted by molar-refractivity contribution is 6.30. The highest BCUT2D eigenvalue weighted by Gasteiger charge is 2.17. The number of hydrogen-bond acceptors (Lipinski definition) is 3. The van der Waals surface area contributed by atoms with Crippen LogP contribution >= 0.6 is 11.6 Å². The van der Waals surface area contributed by atoms with Crippen LogP contribution in [0, 0.1) is 0 Å². The Labute approximate surface area is 131 Å². The maximum atomic E-state index is 5.94. The zero-order chi connectivity index (χ0) is 15.2. The molecule has 1 heterocycles. The fourth-order valence-corrected chi connectivity index (χ4v) is 2.45. The van der Waals surface area contributed by atoms with Crippen molar-refractivity contribution in [3.05, 3.63) is 59.0 Å². The number of nitrogens with zero attached hydrogens (tertiary/aromatic N) is 1. The fourth-order valence-electron chi connectivity index (χ4n) is 2.32. The Bertz CT molecular complexity index is 524. The van der Waals surface area contributed by atoms with Gasteiger partial charge in [0.05, 0.1) is 12.8 Å². The first-order valence-corrected chi connectivity index (χ1v) is 7.66. The first kappa shape index (κ1) is 16.1. The van der Waals surface area contributed by atoms with Crippen molar-refractivity contribution in [2.75, 3.05) is 13.6 Å². The Morgan fingerprint density at radius 3 is 2.52 bits per heavy atom. The summed E-state index contributed by atoms with van der Waals surface area (Å²) in [5.41, 5.74) is 1.28. The molecule has 2 unspecified atom stereocenters. The fraction of sp³-hybridized carbons (Fsp3) is 0.412. The van der Waals surface area contributed by atoms with Gasteiger partial charge in [-0.2, -0.15) is 0 Å². The lowest BCUT2D eigenvalue weighted by Gasteiger charge is -2.31. The first-order valence-electron chi connectivity index (χ1n) is 7.28. The number of benzene rings is 1. The molecule has 0 aliphatic carbocycles. The lowest BCUT2D eigenvalue weighted by Crippen LogP contribution is -2.39. The first-order chi connectivity index (χ1) is 10.1. The predicted molar refractivity (Wildman–Crippen MR) is 87.5 cm³/mol. The number of furan rings is 1. The maximum Gasteiger partial charge on any atom is 0.117 e. The topological polar surface area (TPSA) is 28.4 Å². The minimum atomic E-state index is 0.350. The second kappa shape index (κ2) is 7.64. The van der Waals surface area contributed by atoms with Gasteiger partial charge in [-0.3, -0.25) is 4.90 Å². The smallest absolute Gasteiger partial charge is 0.117 e. The van der Waals surface area contributed by atoms with Crippen LogP contribution in [0.4, 0.5) is 0 Å². The lowest BCUT2D eigenvalue weighted by molar-refractivity contribution is 0.192. The van der Waals surface area contributed by atoms with Crippen molar-refractivity contribution in [3.8, 4) is 0 Å². The van der Waals surface area contributed by atoms with Gasteiger partial charge in [0, 0.05) is 23.7 Å². The second-order valence-corrected chi connectivity index (χ2v) is 5.89. The van der Waals surface area contributed by atoms with Gasteiger partial charge in [0.2, 0.25) is 0 Å². The van der Waals surface area contributed by atoms with Crippen LogP contribution in [0.15, 0.2) is 47.1 Å². The van der Waals surface area contributed by atoms with Crippen molar-refractivity contribution in [3.63, 3.8) is 0 Å². The van der Waals surface area contributed by atoms with Gasteiger partial charge < -0.3 is 9.73 Å². The third-order valence-electron chi connectivity index (χ3n) is 3.98. The molecular formula is C17H23ClN2O. The molecule has 0 radical (unpaired) electrons. The van der Waals surface area contributed by atoms with E-state index in [4.69, 9.17) is 16.0 Å². The molecule has 2 atom stereocenters. The summed E-state index contributed by atoms with van der Waals surface area (Å²) < 4.78 is 5.32. The van der Waals surface area contributed by atoms with Crippen molar-refractivity contribution < 1.29 is 4.42 Å². The van der Waals surface area contributed by atoms with Crippen molar-refractivity contribution in [2.24, 2.45) is 0 Å². The molecule has 1 aromatic heterocycles. The highest BCUT2D eigenvalue weighted by Crippen LogP contribution is 2.22. The monoisotopic (exact) mass is 306 g/mol. The molecule has 1 N–H and O–H groups in total. The molecule has 21 heavy (non-hydrogen) atoms. The number of nitrogens with one attached hydrogen (secondary N) is 1. The zero-order valence-electron chi connectivity index (χ0n) is 12.8. The average molecular weight is 307 g/mol. The summed E-state index contributed by atoms with van der Waals surface area (Å²) in [4.78, 5) is 2.36. The summed E-state index contributed by atoms with van der Waals surface area (Å²) >= 11 is 5.94. The third-order valence-corrected chi connectivity index (χ3v) is 4.23. The van der Waals surface area contributed by atoms with E-state index in [9.17, 15) is 0 Å². The van der Waals surface area contributed by atoms with E-state index in [0.717, 1.165) is 23.9 Å². The minimum absolute atomic E-state index is 0.350. The average Bonchev–Trinajstić information content (AvgIpc) is 2.99. The largest absolute Gasteiger partial charge is 0.468 e. The van der Waals surface area contributed by atoms with Crippen LogP contribution in [-0.2, 0) is 6.54 Å². The van der Waals surface area contributed by atoms with E-state index in [0.29, 0.717) is 12.1 Å². The number of hydrogen-bond donors (Lipinski definition) is 1. The van der Waals surface area contributed by atoms with Crippen molar-refractivity contribution in [2.45, 2.75) is 32.5 Å². The molecule has 0 spiro atoms. The van der Waals surface area contributed by atoms with Crippen molar-refractivity contribution in [1.29, 1.82) is 0 Å². The molecule has 0 amide bonds. The molecule has 2 aromatic rings. The summed E-state index contributed by atoms with van der Waals surface area (Å²) in [7, 11) is 2.15. The van der Waals surface area contributed by atoms with Crippen molar-refractivity contribution >= 4 is 11.6 Å². The Balaban J connectivity index is 1.83. The predicted octanol–water partition coefficient (Wildman–Crippen LogP) is 4.10. The van der Waals surface area contributed by atoms with Crippen LogP contribution in [0.25, 0.3) is 0 Å². The van der Waals surface area contributed by atoms with Crippen molar-refractivity contribution in [1.82, 2.24) is 10.2 Å². The molecule has 1 aromatic carbocycles. The van der Waals surface area contributed by atoms with E-state index in [1.807, 2.05) is 24.3 Å². The van der Waals surface area contributed by atoms with Crippen LogP contribution in [0.1, 0.15) is 31.2 Å². The summed E-state index contributed by atoms with van der Waals surface area (Å²) in [5, 5.41) is 4.21. The quantitative estimate of drug-likeness (QED) is 0.834. The molecule has 0 aliphatic rings. The van der Waals surface area contributed by atoms with Crippen LogP contribution in [0.2, 0.25) is 5.02 Å². The third kappa shape index (κ3) is 4.60. The molecule has 4 heteroatoms. The molecule has 0 bridgehead atoms. The van der Waals surface area contributed by atoms with Gasteiger partial charge in [-0.15, -0.1) is 0 Å². The molecule has 114 valence electrons. The Morgan fingerprint density at radius 1 is 1.19 bits per heavy atom. The molecule has 0 saturated carbocycles. The molecule has 0 saturated heterocycles. The second-order valence-electron chi connectivity index (χ2n) is 5.45. The van der Waals surface area contributed by atoms with E-state index < -0.39 is 0 Å².